The molecule has 0 atom stereocenters. The van der Waals surface area contributed by atoms with E-state index in [4.69, 9.17) is 11.6 Å². The predicted molar refractivity (Wildman–Crippen MR) is 158 cm³/mol. The number of halogens is 1. The van der Waals surface area contributed by atoms with Gasteiger partial charge in [0.15, 0.2) is 0 Å². The van der Waals surface area contributed by atoms with Crippen molar-refractivity contribution in [2.45, 2.75) is 0 Å². The molecule has 0 radical (unpaired) electrons. The Morgan fingerprint density at radius 1 is 0.459 bits per heavy atom. The Balaban J connectivity index is 1.52. The Bertz CT molecular complexity index is 1890. The highest BCUT2D eigenvalue weighted by atomic mass is 35.5. The van der Waals surface area contributed by atoms with Crippen molar-refractivity contribution in [1.82, 2.24) is 4.57 Å². The Morgan fingerprint density at radius 3 is 1.92 bits per heavy atom. The van der Waals surface area contributed by atoms with Crippen LogP contribution in [0.25, 0.3) is 38.3 Å². The van der Waals surface area contributed by atoms with Crippen molar-refractivity contribution in [1.29, 1.82) is 0 Å². The van der Waals surface area contributed by atoms with Gasteiger partial charge in [-0.1, -0.05) is 96.5 Å². The maximum atomic E-state index is 6.80. The molecule has 2 nitrogen and oxygen atoms in total. The Hall–Kier alpha value is -4.53. The standard InChI is InChI=1S/C34H23ClN2/c35-32-22-28(21-24-11-7-8-16-29(24)32)36(25-12-3-1-4-13-25)27-19-20-31-30-17-9-10-18-33(30)37(34(31)23-27)26-14-5-2-6-15-26/h1-23H. The van der Waals surface area contributed by atoms with E-state index in [2.05, 4.69) is 137 Å². The van der Waals surface area contributed by atoms with Gasteiger partial charge in [0.25, 0.3) is 0 Å². The van der Waals surface area contributed by atoms with Crippen LogP contribution in [0.3, 0.4) is 0 Å². The van der Waals surface area contributed by atoms with Gasteiger partial charge in [-0.25, -0.2) is 0 Å². The van der Waals surface area contributed by atoms with Crippen LogP contribution < -0.4 is 4.90 Å². The van der Waals surface area contributed by atoms with Crippen molar-refractivity contribution >= 4 is 61.2 Å². The lowest BCUT2D eigenvalue weighted by molar-refractivity contribution is 1.18. The molecule has 0 aliphatic heterocycles. The van der Waals surface area contributed by atoms with Crippen LogP contribution in [0.15, 0.2) is 140 Å². The molecule has 7 rings (SSSR count). The minimum Gasteiger partial charge on any atom is -0.310 e. The molecule has 3 heteroatoms. The zero-order valence-corrected chi connectivity index (χ0v) is 20.8. The molecule has 0 unspecified atom stereocenters. The van der Waals surface area contributed by atoms with Crippen molar-refractivity contribution in [3.8, 4) is 5.69 Å². The fourth-order valence-corrected chi connectivity index (χ4v) is 5.64. The molecule has 0 aliphatic rings. The van der Waals surface area contributed by atoms with Crippen molar-refractivity contribution < 1.29 is 0 Å². The molecular formula is C34H23ClN2. The second-order valence-corrected chi connectivity index (χ2v) is 9.62. The summed E-state index contributed by atoms with van der Waals surface area (Å²) in [4.78, 5) is 2.28. The summed E-state index contributed by atoms with van der Waals surface area (Å²) in [6.07, 6.45) is 0. The SMILES string of the molecule is Clc1cc(N(c2ccccc2)c2ccc3c4ccccc4n(-c4ccccc4)c3c2)cc2ccccc12. The predicted octanol–water partition coefficient (Wildman–Crippen LogP) is 10.1. The molecular weight excluding hydrogens is 472 g/mol. The van der Waals surface area contributed by atoms with Crippen LogP contribution >= 0.6 is 11.6 Å². The summed E-state index contributed by atoms with van der Waals surface area (Å²) in [7, 11) is 0. The zero-order chi connectivity index (χ0) is 24.8. The quantitative estimate of drug-likeness (QED) is 0.236. The maximum absolute atomic E-state index is 6.80. The minimum absolute atomic E-state index is 0.744. The first-order valence-electron chi connectivity index (χ1n) is 12.4. The number of benzene rings is 6. The smallest absolute Gasteiger partial charge is 0.0561 e. The van der Waals surface area contributed by atoms with Crippen molar-refractivity contribution in [3.63, 3.8) is 0 Å². The number of para-hydroxylation sites is 3. The number of aromatic nitrogens is 1. The van der Waals surface area contributed by atoms with Crippen LogP contribution in [0.5, 0.6) is 0 Å². The van der Waals surface area contributed by atoms with E-state index in [1.54, 1.807) is 0 Å². The van der Waals surface area contributed by atoms with Crippen LogP contribution in [0.2, 0.25) is 5.02 Å². The number of hydrogen-bond donors (Lipinski definition) is 0. The lowest BCUT2D eigenvalue weighted by Gasteiger charge is -2.26. The van der Waals surface area contributed by atoms with E-state index in [1.165, 1.54) is 16.3 Å². The van der Waals surface area contributed by atoms with E-state index < -0.39 is 0 Å². The lowest BCUT2D eigenvalue weighted by Crippen LogP contribution is -2.10. The van der Waals surface area contributed by atoms with Gasteiger partial charge < -0.3 is 9.47 Å². The third kappa shape index (κ3) is 3.66. The van der Waals surface area contributed by atoms with Gasteiger partial charge in [0.2, 0.25) is 0 Å². The lowest BCUT2D eigenvalue weighted by atomic mass is 10.1. The molecule has 0 amide bonds. The Labute approximate surface area is 220 Å². The van der Waals surface area contributed by atoms with E-state index in [9.17, 15) is 0 Å². The summed E-state index contributed by atoms with van der Waals surface area (Å²) < 4.78 is 2.35. The molecule has 0 saturated heterocycles. The van der Waals surface area contributed by atoms with Crippen LogP contribution in [0, 0.1) is 0 Å². The topological polar surface area (TPSA) is 8.17 Å². The van der Waals surface area contributed by atoms with Crippen LogP contribution in [-0.2, 0) is 0 Å². The van der Waals surface area contributed by atoms with Gasteiger partial charge in [-0.15, -0.1) is 0 Å². The van der Waals surface area contributed by atoms with Crippen LogP contribution in [0.4, 0.5) is 17.1 Å². The van der Waals surface area contributed by atoms with Crippen LogP contribution in [0.1, 0.15) is 0 Å². The first kappa shape index (κ1) is 21.7. The van der Waals surface area contributed by atoms with E-state index in [0.29, 0.717) is 0 Å². The van der Waals surface area contributed by atoms with Crippen LogP contribution in [-0.4, -0.2) is 4.57 Å². The highest BCUT2D eigenvalue weighted by Gasteiger charge is 2.18. The van der Waals surface area contributed by atoms with E-state index in [1.807, 2.05) is 12.1 Å². The summed E-state index contributed by atoms with van der Waals surface area (Å²) in [6.45, 7) is 0. The number of anilines is 3. The van der Waals surface area contributed by atoms with Gasteiger partial charge in [0, 0.05) is 38.9 Å². The summed E-state index contributed by atoms with van der Waals surface area (Å²) in [5.74, 6) is 0. The van der Waals surface area contributed by atoms with Gasteiger partial charge in [0.1, 0.15) is 0 Å². The normalized spacial score (nSPS) is 11.4. The number of nitrogens with zero attached hydrogens (tertiary/aromatic N) is 2. The highest BCUT2D eigenvalue weighted by Crippen LogP contribution is 2.41. The monoisotopic (exact) mass is 494 g/mol. The van der Waals surface area contributed by atoms with Crippen molar-refractivity contribution in [2.75, 3.05) is 4.90 Å². The van der Waals surface area contributed by atoms with E-state index in [-0.39, 0.29) is 0 Å². The number of fused-ring (bicyclic) bond motifs is 4. The summed E-state index contributed by atoms with van der Waals surface area (Å²) >= 11 is 6.80. The van der Waals surface area contributed by atoms with Crippen molar-refractivity contribution in [3.05, 3.63) is 145 Å². The molecule has 0 fully saturated rings. The molecule has 1 aromatic heterocycles. The fourth-order valence-electron chi connectivity index (χ4n) is 5.36. The van der Waals surface area contributed by atoms with Gasteiger partial charge >= 0.3 is 0 Å². The van der Waals surface area contributed by atoms with E-state index in [0.717, 1.165) is 44.1 Å². The molecule has 7 aromatic rings. The van der Waals surface area contributed by atoms with Gasteiger partial charge in [-0.3, -0.25) is 0 Å². The molecule has 0 saturated carbocycles. The third-order valence-corrected chi connectivity index (χ3v) is 7.31. The largest absolute Gasteiger partial charge is 0.310 e. The highest BCUT2D eigenvalue weighted by molar-refractivity contribution is 6.36. The van der Waals surface area contributed by atoms with Crippen molar-refractivity contribution in [2.24, 2.45) is 0 Å². The average Bonchev–Trinajstić information content (AvgIpc) is 3.28. The molecule has 0 N–H and O–H groups in total. The number of hydrogen-bond acceptors (Lipinski definition) is 1. The summed E-state index contributed by atoms with van der Waals surface area (Å²) in [5.41, 5.74) is 6.68. The van der Waals surface area contributed by atoms with Gasteiger partial charge in [-0.05, 0) is 60.0 Å². The van der Waals surface area contributed by atoms with E-state index >= 15 is 0 Å². The molecule has 0 spiro atoms. The second kappa shape index (κ2) is 8.85. The summed E-state index contributed by atoms with van der Waals surface area (Å²) in [5, 5.41) is 5.39. The molecule has 6 aromatic carbocycles. The molecule has 176 valence electrons. The van der Waals surface area contributed by atoms with Gasteiger partial charge in [-0.2, -0.15) is 0 Å². The zero-order valence-electron chi connectivity index (χ0n) is 20.1. The molecule has 0 aliphatic carbocycles. The Kier molecular flexibility index (Phi) is 5.20. The fraction of sp³-hybridized carbons (Fsp3) is 0. The second-order valence-electron chi connectivity index (χ2n) is 9.21. The molecule has 1 heterocycles. The Morgan fingerprint density at radius 2 is 1.11 bits per heavy atom. The third-order valence-electron chi connectivity index (χ3n) is 7.00. The maximum Gasteiger partial charge on any atom is 0.0561 e. The number of rotatable bonds is 4. The summed E-state index contributed by atoms with van der Waals surface area (Å²) in [6, 6.07) is 48.9. The minimum atomic E-state index is 0.744. The average molecular weight is 495 g/mol. The van der Waals surface area contributed by atoms with Gasteiger partial charge in [0.05, 0.1) is 16.1 Å². The molecule has 0 bridgehead atoms. The first-order chi connectivity index (χ1) is 18.3. The first-order valence-corrected chi connectivity index (χ1v) is 12.8. The molecule has 37 heavy (non-hydrogen) atoms.